The van der Waals surface area contributed by atoms with Crippen LogP contribution in [0.1, 0.15) is 11.5 Å². The maximum Gasteiger partial charge on any atom is 0.211 e. The highest BCUT2D eigenvalue weighted by Crippen LogP contribution is 2.19. The molecule has 0 amide bonds. The summed E-state index contributed by atoms with van der Waals surface area (Å²) in [4.78, 5) is 2.33. The quantitative estimate of drug-likeness (QED) is 0.832. The molecule has 4 nitrogen and oxygen atoms in total. The molecule has 1 aliphatic rings. The second-order valence-corrected chi connectivity index (χ2v) is 7.60. The number of rotatable bonds is 5. The van der Waals surface area contributed by atoms with E-state index in [1.807, 2.05) is 18.2 Å². The standard InChI is InChI=1S/C14H22N2O2S2/c1-20(17,18)16-9-7-15(8-10-16)11-14(12-19)13-5-3-2-4-6-13/h2-6,14,19H,7-12H2,1H3. The number of sulfonamides is 1. The van der Waals surface area contributed by atoms with Crippen LogP contribution in [0.2, 0.25) is 0 Å². The smallest absolute Gasteiger partial charge is 0.211 e. The first-order chi connectivity index (χ1) is 9.50. The van der Waals surface area contributed by atoms with Gasteiger partial charge in [-0.1, -0.05) is 30.3 Å². The van der Waals surface area contributed by atoms with Gasteiger partial charge in [-0.2, -0.15) is 16.9 Å². The van der Waals surface area contributed by atoms with Gasteiger partial charge in [0.05, 0.1) is 6.26 Å². The summed E-state index contributed by atoms with van der Waals surface area (Å²) in [5, 5.41) is 0. The third-order valence-electron chi connectivity index (χ3n) is 3.77. The van der Waals surface area contributed by atoms with Gasteiger partial charge in [0.2, 0.25) is 10.0 Å². The minimum absolute atomic E-state index is 0.393. The molecule has 1 saturated heterocycles. The molecule has 0 aliphatic carbocycles. The molecule has 1 unspecified atom stereocenters. The Hall–Kier alpha value is -0.560. The van der Waals surface area contributed by atoms with Crippen LogP contribution in [-0.4, -0.2) is 62.4 Å². The van der Waals surface area contributed by atoms with Crippen molar-refractivity contribution in [2.45, 2.75) is 5.92 Å². The molecule has 112 valence electrons. The molecule has 6 heteroatoms. The number of piperazine rings is 1. The normalized spacial score (nSPS) is 19.9. The fourth-order valence-corrected chi connectivity index (χ4v) is 3.70. The second kappa shape index (κ2) is 6.93. The van der Waals surface area contributed by atoms with Gasteiger partial charge in [0.1, 0.15) is 0 Å². The van der Waals surface area contributed by atoms with Crippen LogP contribution >= 0.6 is 12.6 Å². The molecule has 1 heterocycles. The Kier molecular flexibility index (Phi) is 5.49. The van der Waals surface area contributed by atoms with E-state index in [1.165, 1.54) is 11.8 Å². The number of hydrogen-bond donors (Lipinski definition) is 1. The minimum atomic E-state index is -3.04. The minimum Gasteiger partial charge on any atom is -0.300 e. The van der Waals surface area contributed by atoms with Gasteiger partial charge in [-0.3, -0.25) is 0 Å². The van der Waals surface area contributed by atoms with E-state index in [1.54, 1.807) is 4.31 Å². The van der Waals surface area contributed by atoms with Crippen molar-refractivity contribution in [2.24, 2.45) is 0 Å². The average Bonchev–Trinajstić information content (AvgIpc) is 2.45. The molecular weight excluding hydrogens is 292 g/mol. The predicted molar refractivity (Wildman–Crippen MR) is 85.9 cm³/mol. The Morgan fingerprint density at radius 3 is 2.25 bits per heavy atom. The van der Waals surface area contributed by atoms with E-state index in [0.29, 0.717) is 19.0 Å². The van der Waals surface area contributed by atoms with Gasteiger partial charge >= 0.3 is 0 Å². The molecule has 1 fully saturated rings. The molecule has 0 bridgehead atoms. The van der Waals surface area contributed by atoms with Gasteiger partial charge < -0.3 is 4.90 Å². The summed E-state index contributed by atoms with van der Waals surface area (Å²) in [5.74, 6) is 1.19. The van der Waals surface area contributed by atoms with Crippen molar-refractivity contribution in [1.82, 2.24) is 9.21 Å². The lowest BCUT2D eigenvalue weighted by Gasteiger charge is -2.35. The van der Waals surface area contributed by atoms with E-state index < -0.39 is 10.0 Å². The molecule has 0 N–H and O–H groups in total. The molecule has 0 aromatic heterocycles. The highest BCUT2D eigenvalue weighted by Gasteiger charge is 2.24. The summed E-state index contributed by atoms with van der Waals surface area (Å²) < 4.78 is 24.5. The lowest BCUT2D eigenvalue weighted by Crippen LogP contribution is -2.49. The van der Waals surface area contributed by atoms with Crippen LogP contribution in [0.3, 0.4) is 0 Å². The molecule has 1 aromatic carbocycles. The zero-order valence-electron chi connectivity index (χ0n) is 11.8. The van der Waals surface area contributed by atoms with Crippen molar-refractivity contribution in [1.29, 1.82) is 0 Å². The van der Waals surface area contributed by atoms with E-state index in [9.17, 15) is 8.42 Å². The van der Waals surface area contributed by atoms with E-state index in [0.717, 1.165) is 25.4 Å². The largest absolute Gasteiger partial charge is 0.300 e. The van der Waals surface area contributed by atoms with E-state index in [2.05, 4.69) is 29.7 Å². The van der Waals surface area contributed by atoms with Crippen molar-refractivity contribution in [2.75, 3.05) is 44.7 Å². The summed E-state index contributed by atoms with van der Waals surface area (Å²) in [6, 6.07) is 10.4. The molecule has 0 spiro atoms. The lowest BCUT2D eigenvalue weighted by atomic mass is 10.0. The third-order valence-corrected chi connectivity index (χ3v) is 5.51. The number of benzene rings is 1. The fourth-order valence-electron chi connectivity index (χ4n) is 2.55. The zero-order valence-corrected chi connectivity index (χ0v) is 13.5. The van der Waals surface area contributed by atoms with Crippen LogP contribution in [0.5, 0.6) is 0 Å². The summed E-state index contributed by atoms with van der Waals surface area (Å²) in [7, 11) is -3.04. The third kappa shape index (κ3) is 4.22. The summed E-state index contributed by atoms with van der Waals surface area (Å²) in [6.45, 7) is 3.71. The van der Waals surface area contributed by atoms with Gasteiger partial charge in [-0.25, -0.2) is 8.42 Å². The Bertz CT molecular complexity index is 511. The van der Waals surface area contributed by atoms with E-state index in [4.69, 9.17) is 0 Å². The summed E-state index contributed by atoms with van der Waals surface area (Å²) in [6.07, 6.45) is 1.28. The highest BCUT2D eigenvalue weighted by molar-refractivity contribution is 7.88. The van der Waals surface area contributed by atoms with Crippen molar-refractivity contribution < 1.29 is 8.42 Å². The second-order valence-electron chi connectivity index (χ2n) is 5.25. The molecule has 0 radical (unpaired) electrons. The first-order valence-corrected chi connectivity index (χ1v) is 9.32. The Morgan fingerprint density at radius 1 is 1.15 bits per heavy atom. The molecule has 1 atom stereocenters. The van der Waals surface area contributed by atoms with Gasteiger partial charge in [-0.15, -0.1) is 0 Å². The average molecular weight is 314 g/mol. The van der Waals surface area contributed by atoms with Crippen molar-refractivity contribution in [3.05, 3.63) is 35.9 Å². The van der Waals surface area contributed by atoms with Crippen molar-refractivity contribution >= 4 is 22.7 Å². The fraction of sp³-hybridized carbons (Fsp3) is 0.571. The summed E-state index contributed by atoms with van der Waals surface area (Å²) >= 11 is 4.46. The molecule has 1 aromatic rings. The molecule has 2 rings (SSSR count). The topological polar surface area (TPSA) is 40.6 Å². The van der Waals surface area contributed by atoms with Crippen LogP contribution in [0.4, 0.5) is 0 Å². The zero-order chi connectivity index (χ0) is 14.6. The lowest BCUT2D eigenvalue weighted by molar-refractivity contribution is 0.182. The Labute approximate surface area is 127 Å². The molecule has 1 aliphatic heterocycles. The van der Waals surface area contributed by atoms with Gasteiger partial charge in [0.25, 0.3) is 0 Å². The van der Waals surface area contributed by atoms with Gasteiger partial charge in [0.15, 0.2) is 0 Å². The van der Waals surface area contributed by atoms with Gasteiger partial charge in [-0.05, 0) is 11.3 Å². The van der Waals surface area contributed by atoms with E-state index in [-0.39, 0.29) is 0 Å². The van der Waals surface area contributed by atoms with Crippen LogP contribution in [0.15, 0.2) is 30.3 Å². The van der Waals surface area contributed by atoms with Crippen molar-refractivity contribution in [3.63, 3.8) is 0 Å². The number of hydrogen-bond acceptors (Lipinski definition) is 4. The number of nitrogens with zero attached hydrogens (tertiary/aromatic N) is 2. The van der Waals surface area contributed by atoms with Crippen LogP contribution in [-0.2, 0) is 10.0 Å². The Balaban J connectivity index is 1.91. The monoisotopic (exact) mass is 314 g/mol. The summed E-state index contributed by atoms with van der Waals surface area (Å²) in [5.41, 5.74) is 1.30. The van der Waals surface area contributed by atoms with Crippen molar-refractivity contribution in [3.8, 4) is 0 Å². The van der Waals surface area contributed by atoms with Crippen LogP contribution in [0, 0.1) is 0 Å². The highest BCUT2D eigenvalue weighted by atomic mass is 32.2. The number of thiol groups is 1. The molecule has 0 saturated carbocycles. The maximum absolute atomic E-state index is 11.5. The molecule has 20 heavy (non-hydrogen) atoms. The predicted octanol–water partition coefficient (Wildman–Crippen LogP) is 1.28. The van der Waals surface area contributed by atoms with Crippen LogP contribution < -0.4 is 0 Å². The first-order valence-electron chi connectivity index (χ1n) is 6.84. The van der Waals surface area contributed by atoms with Gasteiger partial charge in [0, 0.05) is 38.6 Å². The molecular formula is C14H22N2O2S2. The van der Waals surface area contributed by atoms with Crippen LogP contribution in [0.25, 0.3) is 0 Å². The van der Waals surface area contributed by atoms with E-state index >= 15 is 0 Å². The first kappa shape index (κ1) is 15.8. The SMILES string of the molecule is CS(=O)(=O)N1CCN(CC(CS)c2ccccc2)CC1. The Morgan fingerprint density at radius 2 is 1.75 bits per heavy atom. The maximum atomic E-state index is 11.5.